The van der Waals surface area contributed by atoms with Crippen molar-refractivity contribution in [1.82, 2.24) is 15.1 Å². The number of rotatable bonds is 6. The van der Waals surface area contributed by atoms with E-state index in [1.54, 1.807) is 11.0 Å². The number of carbonyl (C=O) groups excluding carboxylic acids is 2. The second-order valence-corrected chi connectivity index (χ2v) is 7.91. The number of halogens is 2. The Morgan fingerprint density at radius 1 is 1.13 bits per heavy atom. The molecule has 31 heavy (non-hydrogen) atoms. The van der Waals surface area contributed by atoms with Gasteiger partial charge in [-0.2, -0.15) is 0 Å². The van der Waals surface area contributed by atoms with Gasteiger partial charge in [-0.05, 0) is 55.3 Å². The highest BCUT2D eigenvalue weighted by molar-refractivity contribution is 7.13. The summed E-state index contributed by atoms with van der Waals surface area (Å²) in [7, 11) is 0. The minimum atomic E-state index is -0.495. The molecule has 3 aromatic rings. The highest BCUT2D eigenvalue weighted by atomic mass is 32.1. The van der Waals surface area contributed by atoms with Crippen molar-refractivity contribution in [2.45, 2.75) is 18.9 Å². The quantitative estimate of drug-likeness (QED) is 0.625. The van der Waals surface area contributed by atoms with Crippen molar-refractivity contribution in [3.05, 3.63) is 70.2 Å². The summed E-state index contributed by atoms with van der Waals surface area (Å²) in [5.41, 5.74) is 0.317. The van der Waals surface area contributed by atoms with E-state index in [-0.39, 0.29) is 29.4 Å². The maximum Gasteiger partial charge on any atom is 0.286 e. The van der Waals surface area contributed by atoms with Crippen molar-refractivity contribution >= 4 is 28.8 Å². The van der Waals surface area contributed by atoms with Crippen LogP contribution in [0.5, 0.6) is 5.75 Å². The molecule has 2 aromatic carbocycles. The summed E-state index contributed by atoms with van der Waals surface area (Å²) in [6, 6.07) is 10.7. The van der Waals surface area contributed by atoms with Crippen LogP contribution >= 0.6 is 11.3 Å². The van der Waals surface area contributed by atoms with Gasteiger partial charge in [-0.3, -0.25) is 9.59 Å². The molecule has 1 saturated heterocycles. The van der Waals surface area contributed by atoms with Gasteiger partial charge in [-0.1, -0.05) is 17.4 Å². The molecule has 160 valence electrons. The van der Waals surface area contributed by atoms with Gasteiger partial charge in [0.15, 0.2) is 6.61 Å². The molecule has 0 bridgehead atoms. The summed E-state index contributed by atoms with van der Waals surface area (Å²) in [4.78, 5) is 26.7. The Labute approximate surface area is 180 Å². The molecular weight excluding hydrogens is 426 g/mol. The first-order chi connectivity index (χ1) is 15.0. The topological polar surface area (TPSA) is 84.4 Å². The zero-order valence-electron chi connectivity index (χ0n) is 16.3. The van der Waals surface area contributed by atoms with E-state index < -0.39 is 11.7 Å². The lowest BCUT2D eigenvalue weighted by Crippen LogP contribution is -2.34. The van der Waals surface area contributed by atoms with Crippen LogP contribution in [0.4, 0.5) is 14.5 Å². The third kappa shape index (κ3) is 5.02. The second kappa shape index (κ2) is 9.17. The molecule has 0 radical (unpaired) electrons. The summed E-state index contributed by atoms with van der Waals surface area (Å²) >= 11 is 1.09. The van der Waals surface area contributed by atoms with E-state index in [4.69, 9.17) is 4.74 Å². The van der Waals surface area contributed by atoms with Crippen LogP contribution < -0.4 is 10.1 Å². The van der Waals surface area contributed by atoms with Gasteiger partial charge in [-0.25, -0.2) is 8.78 Å². The van der Waals surface area contributed by atoms with Crippen LogP contribution in [0.1, 0.15) is 33.7 Å². The Bertz CT molecular complexity index is 1090. The highest BCUT2D eigenvalue weighted by Gasteiger charge is 2.33. The molecule has 2 amide bonds. The normalized spacial score (nSPS) is 15.7. The molecule has 1 aliphatic rings. The molecule has 0 aliphatic carbocycles. The Balaban J connectivity index is 1.39. The van der Waals surface area contributed by atoms with Crippen LogP contribution in [-0.2, 0) is 4.79 Å². The summed E-state index contributed by atoms with van der Waals surface area (Å²) in [5.74, 6) is -1.17. The van der Waals surface area contributed by atoms with E-state index in [9.17, 15) is 18.4 Å². The largest absolute Gasteiger partial charge is 0.484 e. The number of nitrogens with zero attached hydrogens (tertiary/aromatic N) is 3. The summed E-state index contributed by atoms with van der Waals surface area (Å²) in [5, 5.41) is 11.3. The Morgan fingerprint density at radius 3 is 2.71 bits per heavy atom. The van der Waals surface area contributed by atoms with Gasteiger partial charge in [0.25, 0.3) is 11.8 Å². The van der Waals surface area contributed by atoms with Crippen LogP contribution in [0.3, 0.4) is 0 Å². The van der Waals surface area contributed by atoms with Gasteiger partial charge < -0.3 is 15.0 Å². The minimum Gasteiger partial charge on any atom is -0.484 e. The molecular formula is C21H18F2N4O3S. The molecule has 0 saturated carbocycles. The molecule has 1 fully saturated rings. The van der Waals surface area contributed by atoms with E-state index >= 15 is 0 Å². The lowest BCUT2D eigenvalue weighted by atomic mass is 10.2. The van der Waals surface area contributed by atoms with Gasteiger partial charge in [0, 0.05) is 12.2 Å². The Hall–Kier alpha value is -3.40. The first kappa shape index (κ1) is 20.9. The van der Waals surface area contributed by atoms with E-state index in [2.05, 4.69) is 15.5 Å². The molecule has 10 heteroatoms. The molecule has 1 aromatic heterocycles. The van der Waals surface area contributed by atoms with Gasteiger partial charge in [-0.15, -0.1) is 10.2 Å². The minimum absolute atomic E-state index is 0.126. The fraction of sp³-hybridized carbons (Fsp3) is 0.238. The maximum atomic E-state index is 13.3. The standard InChI is InChI=1S/C21H18F2N4O3S/c22-13-6-8-16(9-7-13)30-12-18(28)27-10-2-5-17(27)20-25-26-21(31-20)19(29)24-15-4-1-3-14(23)11-15/h1,3-4,6-9,11,17H,2,5,10,12H2,(H,24,29). The number of amides is 2. The predicted molar refractivity (Wildman–Crippen MR) is 110 cm³/mol. The average molecular weight is 444 g/mol. The monoisotopic (exact) mass is 444 g/mol. The summed E-state index contributed by atoms with van der Waals surface area (Å²) in [6.45, 7) is 0.356. The summed E-state index contributed by atoms with van der Waals surface area (Å²) < 4.78 is 31.7. The molecule has 7 nitrogen and oxygen atoms in total. The number of benzene rings is 2. The van der Waals surface area contributed by atoms with Crippen LogP contribution in [0.25, 0.3) is 0 Å². The molecule has 1 unspecified atom stereocenters. The number of nitrogens with one attached hydrogen (secondary N) is 1. The summed E-state index contributed by atoms with van der Waals surface area (Å²) in [6.07, 6.45) is 1.49. The number of anilines is 1. The third-order valence-corrected chi connectivity index (χ3v) is 5.77. The number of hydrogen-bond acceptors (Lipinski definition) is 6. The van der Waals surface area contributed by atoms with E-state index in [1.807, 2.05) is 0 Å². The average Bonchev–Trinajstić information content (AvgIpc) is 3.43. The lowest BCUT2D eigenvalue weighted by molar-refractivity contribution is -0.134. The fourth-order valence-electron chi connectivity index (χ4n) is 3.29. The number of likely N-dealkylation sites (tertiary alicyclic amines) is 1. The van der Waals surface area contributed by atoms with Crippen LogP contribution in [0.2, 0.25) is 0 Å². The van der Waals surface area contributed by atoms with Crippen molar-refractivity contribution in [3.8, 4) is 5.75 Å². The number of aromatic nitrogens is 2. The van der Waals surface area contributed by atoms with Gasteiger partial charge in [0.1, 0.15) is 22.4 Å². The van der Waals surface area contributed by atoms with Gasteiger partial charge >= 0.3 is 0 Å². The number of ether oxygens (including phenoxy) is 1. The first-order valence-corrected chi connectivity index (χ1v) is 10.4. The fourth-order valence-corrected chi connectivity index (χ4v) is 4.18. The smallest absolute Gasteiger partial charge is 0.286 e. The van der Waals surface area contributed by atoms with Crippen LogP contribution in [0, 0.1) is 11.6 Å². The predicted octanol–water partition coefficient (Wildman–Crippen LogP) is 3.81. The molecule has 1 N–H and O–H groups in total. The maximum absolute atomic E-state index is 13.3. The van der Waals surface area contributed by atoms with E-state index in [0.29, 0.717) is 29.4 Å². The molecule has 1 atom stereocenters. The molecule has 1 aliphatic heterocycles. The number of hydrogen-bond donors (Lipinski definition) is 1. The third-order valence-electron chi connectivity index (χ3n) is 4.75. The van der Waals surface area contributed by atoms with Crippen molar-refractivity contribution in [3.63, 3.8) is 0 Å². The molecule has 0 spiro atoms. The Morgan fingerprint density at radius 2 is 1.94 bits per heavy atom. The lowest BCUT2D eigenvalue weighted by Gasteiger charge is -2.22. The molecule has 4 rings (SSSR count). The second-order valence-electron chi connectivity index (χ2n) is 6.90. The van der Waals surface area contributed by atoms with Crippen molar-refractivity contribution < 1.29 is 23.1 Å². The van der Waals surface area contributed by atoms with Gasteiger partial charge in [0.2, 0.25) is 5.01 Å². The number of carbonyl (C=O) groups is 2. The Kier molecular flexibility index (Phi) is 6.17. The first-order valence-electron chi connectivity index (χ1n) is 9.58. The SMILES string of the molecule is O=C(Nc1cccc(F)c1)c1nnc(C2CCCN2C(=O)COc2ccc(F)cc2)s1. The highest BCUT2D eigenvalue weighted by Crippen LogP contribution is 2.34. The molecule has 2 heterocycles. The van der Waals surface area contributed by atoms with Crippen LogP contribution in [-0.4, -0.2) is 40.1 Å². The van der Waals surface area contributed by atoms with Crippen LogP contribution in [0.15, 0.2) is 48.5 Å². The van der Waals surface area contributed by atoms with Crippen molar-refractivity contribution in [1.29, 1.82) is 0 Å². The zero-order chi connectivity index (χ0) is 21.8. The zero-order valence-corrected chi connectivity index (χ0v) is 17.1. The van der Waals surface area contributed by atoms with E-state index in [0.717, 1.165) is 17.8 Å². The van der Waals surface area contributed by atoms with Crippen molar-refractivity contribution in [2.24, 2.45) is 0 Å². The van der Waals surface area contributed by atoms with Crippen molar-refractivity contribution in [2.75, 3.05) is 18.5 Å². The van der Waals surface area contributed by atoms with E-state index in [1.165, 1.54) is 42.5 Å². The van der Waals surface area contributed by atoms with Gasteiger partial charge in [0.05, 0.1) is 6.04 Å².